The summed E-state index contributed by atoms with van der Waals surface area (Å²) >= 11 is 0. The minimum Gasteiger partial charge on any atom is -0.396 e. The summed E-state index contributed by atoms with van der Waals surface area (Å²) in [6.07, 6.45) is 3.58. The molecule has 9 heteroatoms. The molecule has 4 rings (SSSR count). The van der Waals surface area contributed by atoms with Crippen molar-refractivity contribution in [2.24, 2.45) is 0 Å². The van der Waals surface area contributed by atoms with Gasteiger partial charge in [-0.05, 0) is 31.0 Å². The van der Waals surface area contributed by atoms with Crippen molar-refractivity contribution in [3.05, 3.63) is 41.6 Å². The smallest absolute Gasteiger partial charge is 0.261 e. The molecule has 1 aliphatic rings. The van der Waals surface area contributed by atoms with Gasteiger partial charge in [0.05, 0.1) is 23.0 Å². The molecule has 0 bridgehead atoms. The number of amides is 1. The van der Waals surface area contributed by atoms with E-state index < -0.39 is 23.1 Å². The van der Waals surface area contributed by atoms with Gasteiger partial charge in [-0.3, -0.25) is 9.89 Å². The standard InChI is InChI=1S/C17H16F2N6O/c18-11-3-4-12(20)14(19)13(11)17(26)22-9-7-10-15(21-8-9)23-24-16(10)25-5-1-2-6-25/h3-4,7-8H,1-2,5-6,20H2,(H,22,26)(H,21,23,24). The summed E-state index contributed by atoms with van der Waals surface area (Å²) in [5.41, 5.74) is 5.28. The molecule has 0 saturated carbocycles. The van der Waals surface area contributed by atoms with Crippen LogP contribution in [0.4, 0.5) is 26.0 Å². The number of hydrogen-bond acceptors (Lipinski definition) is 5. The van der Waals surface area contributed by atoms with Crippen molar-refractivity contribution >= 4 is 34.1 Å². The molecule has 1 aromatic carbocycles. The van der Waals surface area contributed by atoms with Gasteiger partial charge in [0.25, 0.3) is 5.91 Å². The van der Waals surface area contributed by atoms with Gasteiger partial charge in [0.15, 0.2) is 17.3 Å². The van der Waals surface area contributed by atoms with E-state index in [9.17, 15) is 13.6 Å². The number of nitrogen functional groups attached to an aromatic ring is 1. The number of pyridine rings is 1. The Labute approximate surface area is 147 Å². The van der Waals surface area contributed by atoms with Crippen molar-refractivity contribution in [1.82, 2.24) is 15.2 Å². The molecule has 0 aliphatic carbocycles. The highest BCUT2D eigenvalue weighted by Crippen LogP contribution is 2.28. The summed E-state index contributed by atoms with van der Waals surface area (Å²) in [6.45, 7) is 1.80. The zero-order valence-corrected chi connectivity index (χ0v) is 13.7. The molecular formula is C17H16F2N6O. The Hall–Kier alpha value is -3.23. The molecule has 7 nitrogen and oxygen atoms in total. The van der Waals surface area contributed by atoms with Crippen LogP contribution in [0.5, 0.6) is 0 Å². The van der Waals surface area contributed by atoms with Gasteiger partial charge in [0.1, 0.15) is 11.4 Å². The van der Waals surface area contributed by atoms with Crippen LogP contribution in [0.25, 0.3) is 11.0 Å². The molecule has 134 valence electrons. The van der Waals surface area contributed by atoms with E-state index in [4.69, 9.17) is 5.73 Å². The first-order valence-electron chi connectivity index (χ1n) is 8.18. The molecule has 0 atom stereocenters. The lowest BCUT2D eigenvalue weighted by atomic mass is 10.1. The van der Waals surface area contributed by atoms with Gasteiger partial charge in [-0.1, -0.05) is 0 Å². The lowest BCUT2D eigenvalue weighted by molar-refractivity contribution is 0.101. The van der Waals surface area contributed by atoms with Crippen molar-refractivity contribution in [2.75, 3.05) is 29.0 Å². The third-order valence-corrected chi connectivity index (χ3v) is 4.41. The molecular weight excluding hydrogens is 342 g/mol. The topological polar surface area (TPSA) is 99.9 Å². The van der Waals surface area contributed by atoms with E-state index in [-0.39, 0.29) is 5.69 Å². The second-order valence-electron chi connectivity index (χ2n) is 6.14. The van der Waals surface area contributed by atoms with Gasteiger partial charge < -0.3 is 16.0 Å². The third kappa shape index (κ3) is 2.71. The number of H-pyrrole nitrogens is 1. The Morgan fingerprint density at radius 1 is 1.27 bits per heavy atom. The number of nitrogens with one attached hydrogen (secondary N) is 2. The van der Waals surface area contributed by atoms with Gasteiger partial charge in [-0.15, -0.1) is 0 Å². The maximum Gasteiger partial charge on any atom is 0.261 e. The number of benzene rings is 1. The summed E-state index contributed by atoms with van der Waals surface area (Å²) < 4.78 is 27.9. The molecule has 26 heavy (non-hydrogen) atoms. The normalized spacial score (nSPS) is 14.2. The molecule has 1 saturated heterocycles. The number of hydrogen-bond donors (Lipinski definition) is 3. The second-order valence-corrected chi connectivity index (χ2v) is 6.14. The predicted octanol–water partition coefficient (Wildman–Crippen LogP) is 2.67. The van der Waals surface area contributed by atoms with Crippen molar-refractivity contribution in [3.8, 4) is 0 Å². The van der Waals surface area contributed by atoms with E-state index in [1.165, 1.54) is 6.20 Å². The Morgan fingerprint density at radius 2 is 2.04 bits per heavy atom. The van der Waals surface area contributed by atoms with Crippen LogP contribution in [0, 0.1) is 11.6 Å². The number of halogens is 2. The number of nitrogens with zero attached hydrogens (tertiary/aromatic N) is 3. The number of carbonyl (C=O) groups is 1. The fourth-order valence-corrected chi connectivity index (χ4v) is 3.10. The van der Waals surface area contributed by atoms with Crippen LogP contribution in [0.1, 0.15) is 23.2 Å². The Balaban J connectivity index is 1.66. The van der Waals surface area contributed by atoms with Crippen LogP contribution in [0.2, 0.25) is 0 Å². The number of aromatic nitrogens is 3. The fourth-order valence-electron chi connectivity index (χ4n) is 3.10. The third-order valence-electron chi connectivity index (χ3n) is 4.41. The van der Waals surface area contributed by atoms with Crippen LogP contribution in [0.15, 0.2) is 24.4 Å². The van der Waals surface area contributed by atoms with Gasteiger partial charge >= 0.3 is 0 Å². The summed E-state index contributed by atoms with van der Waals surface area (Å²) in [5, 5.41) is 10.3. The van der Waals surface area contributed by atoms with Gasteiger partial charge in [0, 0.05) is 13.1 Å². The molecule has 1 amide bonds. The van der Waals surface area contributed by atoms with E-state index in [1.54, 1.807) is 6.07 Å². The maximum absolute atomic E-state index is 14.0. The van der Waals surface area contributed by atoms with Crippen LogP contribution in [-0.2, 0) is 0 Å². The predicted molar refractivity (Wildman–Crippen MR) is 94.1 cm³/mol. The number of rotatable bonds is 3. The highest BCUT2D eigenvalue weighted by atomic mass is 19.1. The molecule has 2 aromatic heterocycles. The van der Waals surface area contributed by atoms with Crippen LogP contribution < -0.4 is 16.0 Å². The minimum absolute atomic E-state index is 0.295. The lowest BCUT2D eigenvalue weighted by Crippen LogP contribution is -2.18. The first-order valence-corrected chi connectivity index (χ1v) is 8.18. The number of aromatic amines is 1. The summed E-state index contributed by atoms with van der Waals surface area (Å²) in [6, 6.07) is 3.71. The van der Waals surface area contributed by atoms with E-state index in [0.29, 0.717) is 11.3 Å². The Kier molecular flexibility index (Phi) is 3.90. The number of carbonyl (C=O) groups excluding carboxylic acids is 1. The monoisotopic (exact) mass is 358 g/mol. The van der Waals surface area contributed by atoms with E-state index >= 15 is 0 Å². The van der Waals surface area contributed by atoms with E-state index in [2.05, 4.69) is 25.4 Å². The second kappa shape index (κ2) is 6.25. The zero-order valence-electron chi connectivity index (χ0n) is 13.7. The summed E-state index contributed by atoms with van der Waals surface area (Å²) in [4.78, 5) is 18.7. The SMILES string of the molecule is Nc1ccc(F)c(C(=O)Nc2cnc3[nH]nc(N4CCCC4)c3c2)c1F. The molecule has 0 radical (unpaired) electrons. The average molecular weight is 358 g/mol. The van der Waals surface area contributed by atoms with Gasteiger partial charge in [-0.25, -0.2) is 13.8 Å². The molecule has 1 fully saturated rings. The van der Waals surface area contributed by atoms with Crippen molar-refractivity contribution in [3.63, 3.8) is 0 Å². The largest absolute Gasteiger partial charge is 0.396 e. The van der Waals surface area contributed by atoms with Crippen molar-refractivity contribution < 1.29 is 13.6 Å². The number of anilines is 3. The first-order chi connectivity index (χ1) is 12.5. The maximum atomic E-state index is 14.0. The quantitative estimate of drug-likeness (QED) is 0.625. The molecule has 4 N–H and O–H groups in total. The van der Waals surface area contributed by atoms with Gasteiger partial charge in [0.2, 0.25) is 0 Å². The highest BCUT2D eigenvalue weighted by Gasteiger charge is 2.21. The molecule has 3 heterocycles. The van der Waals surface area contributed by atoms with Gasteiger partial charge in [-0.2, -0.15) is 5.10 Å². The minimum atomic E-state index is -1.09. The average Bonchev–Trinajstić information content (AvgIpc) is 3.27. The Morgan fingerprint density at radius 3 is 2.81 bits per heavy atom. The van der Waals surface area contributed by atoms with Crippen molar-refractivity contribution in [2.45, 2.75) is 12.8 Å². The first kappa shape index (κ1) is 16.2. The molecule has 1 aliphatic heterocycles. The molecule has 3 aromatic rings. The summed E-state index contributed by atoms with van der Waals surface area (Å²) in [5.74, 6) is -2.25. The Bertz CT molecular complexity index is 996. The van der Waals surface area contributed by atoms with Crippen LogP contribution in [0.3, 0.4) is 0 Å². The van der Waals surface area contributed by atoms with Crippen molar-refractivity contribution in [1.29, 1.82) is 0 Å². The molecule has 0 unspecified atom stereocenters. The summed E-state index contributed by atoms with van der Waals surface area (Å²) in [7, 11) is 0. The number of nitrogens with two attached hydrogens (primary N) is 1. The van der Waals surface area contributed by atoms with E-state index in [0.717, 1.165) is 49.3 Å². The van der Waals surface area contributed by atoms with Crippen LogP contribution >= 0.6 is 0 Å². The van der Waals surface area contributed by atoms with E-state index in [1.807, 2.05) is 0 Å². The number of fused-ring (bicyclic) bond motifs is 1. The zero-order chi connectivity index (χ0) is 18.3. The van der Waals surface area contributed by atoms with Crippen LogP contribution in [-0.4, -0.2) is 34.2 Å². The lowest BCUT2D eigenvalue weighted by Gasteiger charge is -2.14. The fraction of sp³-hybridized carbons (Fsp3) is 0.235. The molecule has 0 spiro atoms. The highest BCUT2D eigenvalue weighted by molar-refractivity contribution is 6.06.